The Hall–Kier alpha value is -2.22. The van der Waals surface area contributed by atoms with Crippen molar-refractivity contribution < 1.29 is 0 Å². The van der Waals surface area contributed by atoms with Crippen molar-refractivity contribution in [2.45, 2.75) is 13.8 Å². The van der Waals surface area contributed by atoms with E-state index in [0.29, 0.717) is 0 Å². The average molecular weight is 236 g/mol. The van der Waals surface area contributed by atoms with E-state index in [1.807, 2.05) is 74.5 Å². The summed E-state index contributed by atoms with van der Waals surface area (Å²) in [5, 5.41) is 8.55. The molecule has 0 aliphatic heterocycles. The molecule has 2 rings (SSSR count). The van der Waals surface area contributed by atoms with E-state index in [0.717, 1.165) is 22.6 Å². The summed E-state index contributed by atoms with van der Waals surface area (Å²) in [6.45, 7) is 3.88. The Labute approximate surface area is 108 Å². The highest BCUT2D eigenvalue weighted by atomic mass is 15.2. The van der Waals surface area contributed by atoms with Gasteiger partial charge in [-0.05, 0) is 13.8 Å². The Morgan fingerprint density at radius 1 is 0.667 bits per heavy atom. The lowest BCUT2D eigenvalue weighted by Gasteiger charge is -2.05. The van der Waals surface area contributed by atoms with Crippen LogP contribution in [-0.4, -0.2) is 11.4 Å². The molecule has 0 aliphatic carbocycles. The van der Waals surface area contributed by atoms with Gasteiger partial charge in [0.15, 0.2) is 0 Å². The molecule has 0 radical (unpaired) electrons. The minimum absolute atomic E-state index is 0.900. The molecule has 0 bridgehead atoms. The fraction of sp³-hybridized carbons (Fsp3) is 0.125. The molecule has 18 heavy (non-hydrogen) atoms. The lowest BCUT2D eigenvalue weighted by Crippen LogP contribution is -2.02. The summed E-state index contributed by atoms with van der Waals surface area (Å²) in [7, 11) is 0. The zero-order chi connectivity index (χ0) is 12.8. The largest absolute Gasteiger partial charge is 0.160 e. The molecule has 2 aromatic rings. The van der Waals surface area contributed by atoms with Crippen molar-refractivity contribution in [2.24, 2.45) is 10.2 Å². The van der Waals surface area contributed by atoms with Gasteiger partial charge in [0, 0.05) is 16.8 Å². The Kier molecular flexibility index (Phi) is 4.02. The van der Waals surface area contributed by atoms with Crippen molar-refractivity contribution in [1.82, 2.24) is 0 Å². The molecule has 0 N–H and O–H groups in total. The van der Waals surface area contributed by atoms with E-state index < -0.39 is 0 Å². The van der Waals surface area contributed by atoms with E-state index >= 15 is 0 Å². The first-order valence-corrected chi connectivity index (χ1v) is 5.97. The molecule has 0 fully saturated rings. The van der Waals surface area contributed by atoms with Crippen LogP contribution in [-0.2, 0) is 0 Å². The number of hydrogen-bond acceptors (Lipinski definition) is 2. The molecular weight excluding hydrogens is 220 g/mol. The van der Waals surface area contributed by atoms with Crippen molar-refractivity contribution in [3.63, 3.8) is 0 Å². The number of hydrogen-bond donors (Lipinski definition) is 0. The van der Waals surface area contributed by atoms with Crippen molar-refractivity contribution in [3.8, 4) is 0 Å². The van der Waals surface area contributed by atoms with Crippen molar-refractivity contribution in [2.75, 3.05) is 0 Å². The van der Waals surface area contributed by atoms with Gasteiger partial charge in [-0.1, -0.05) is 60.7 Å². The van der Waals surface area contributed by atoms with Crippen LogP contribution in [0.1, 0.15) is 25.0 Å². The highest BCUT2D eigenvalue weighted by Crippen LogP contribution is 2.11. The zero-order valence-corrected chi connectivity index (χ0v) is 10.7. The molecule has 0 amide bonds. The monoisotopic (exact) mass is 236 g/mol. The smallest absolute Gasteiger partial charge is 0.100 e. The molecular formula is C16H16N2. The van der Waals surface area contributed by atoms with Crippen LogP contribution in [0.15, 0.2) is 70.9 Å². The first-order chi connectivity index (χ1) is 8.77. The predicted octanol–water partition coefficient (Wildman–Crippen LogP) is 3.92. The first kappa shape index (κ1) is 12.2. The molecule has 0 spiro atoms. The second kappa shape index (κ2) is 5.92. The third kappa shape index (κ3) is 3.14. The maximum Gasteiger partial charge on any atom is 0.100 e. The van der Waals surface area contributed by atoms with Crippen molar-refractivity contribution in [1.29, 1.82) is 0 Å². The average Bonchev–Trinajstić information content (AvgIpc) is 2.41. The summed E-state index contributed by atoms with van der Waals surface area (Å²) >= 11 is 0. The van der Waals surface area contributed by atoms with Crippen molar-refractivity contribution in [3.05, 3.63) is 71.8 Å². The van der Waals surface area contributed by atoms with Crippen LogP contribution in [0.5, 0.6) is 0 Å². The predicted molar refractivity (Wildman–Crippen MR) is 77.3 cm³/mol. The summed E-state index contributed by atoms with van der Waals surface area (Å²) in [6, 6.07) is 20.2. The fourth-order valence-electron chi connectivity index (χ4n) is 1.62. The molecule has 2 heteroatoms. The number of benzene rings is 2. The van der Waals surface area contributed by atoms with Crippen LogP contribution in [0, 0.1) is 0 Å². The summed E-state index contributed by atoms with van der Waals surface area (Å²) in [5.74, 6) is 0. The van der Waals surface area contributed by atoms with E-state index in [9.17, 15) is 0 Å². The summed E-state index contributed by atoms with van der Waals surface area (Å²) < 4.78 is 0. The van der Waals surface area contributed by atoms with Gasteiger partial charge in [-0.2, -0.15) is 5.10 Å². The van der Waals surface area contributed by atoms with Crippen LogP contribution in [0.25, 0.3) is 0 Å². The lowest BCUT2D eigenvalue weighted by molar-refractivity contribution is 1.22. The highest BCUT2D eigenvalue weighted by Gasteiger charge is 2.05. The van der Waals surface area contributed by atoms with Crippen LogP contribution < -0.4 is 0 Å². The van der Waals surface area contributed by atoms with E-state index in [4.69, 9.17) is 0 Å². The molecule has 0 atom stereocenters. The van der Waals surface area contributed by atoms with E-state index in [1.54, 1.807) is 0 Å². The molecule has 90 valence electrons. The van der Waals surface area contributed by atoms with Gasteiger partial charge in [-0.25, -0.2) is 0 Å². The van der Waals surface area contributed by atoms with Crippen molar-refractivity contribution >= 4 is 11.4 Å². The molecule has 0 aromatic heterocycles. The standard InChI is InChI=1S/C16H16N2/c1-13(2)17-18-16(14-9-5-3-6-10-14)15-11-7-4-8-12-15/h3-12H,1-2H3. The van der Waals surface area contributed by atoms with Gasteiger partial charge in [0.1, 0.15) is 5.71 Å². The quantitative estimate of drug-likeness (QED) is 0.570. The zero-order valence-electron chi connectivity index (χ0n) is 10.7. The van der Waals surface area contributed by atoms with Crippen LogP contribution >= 0.6 is 0 Å². The molecule has 0 saturated heterocycles. The molecule has 2 aromatic carbocycles. The maximum absolute atomic E-state index is 4.37. The Morgan fingerprint density at radius 2 is 1.11 bits per heavy atom. The molecule has 0 unspecified atom stereocenters. The van der Waals surface area contributed by atoms with Gasteiger partial charge in [0.25, 0.3) is 0 Å². The molecule has 2 nitrogen and oxygen atoms in total. The minimum Gasteiger partial charge on any atom is -0.160 e. The van der Waals surface area contributed by atoms with E-state index in [2.05, 4.69) is 10.2 Å². The van der Waals surface area contributed by atoms with Crippen LogP contribution in [0.4, 0.5) is 0 Å². The van der Waals surface area contributed by atoms with Gasteiger partial charge in [0.05, 0.1) is 0 Å². The lowest BCUT2D eigenvalue weighted by atomic mass is 10.0. The summed E-state index contributed by atoms with van der Waals surface area (Å²) in [4.78, 5) is 0. The molecule has 0 saturated carbocycles. The van der Waals surface area contributed by atoms with Gasteiger partial charge in [-0.3, -0.25) is 0 Å². The first-order valence-electron chi connectivity index (χ1n) is 5.97. The summed E-state index contributed by atoms with van der Waals surface area (Å²) in [5.41, 5.74) is 4.00. The third-order valence-electron chi connectivity index (χ3n) is 2.44. The van der Waals surface area contributed by atoms with Crippen LogP contribution in [0.2, 0.25) is 0 Å². The van der Waals surface area contributed by atoms with Gasteiger partial charge >= 0.3 is 0 Å². The Bertz CT molecular complexity index is 509. The number of rotatable bonds is 3. The van der Waals surface area contributed by atoms with Gasteiger partial charge in [0.2, 0.25) is 0 Å². The Balaban J connectivity index is 2.49. The Morgan fingerprint density at radius 3 is 1.50 bits per heavy atom. The van der Waals surface area contributed by atoms with Gasteiger partial charge < -0.3 is 0 Å². The summed E-state index contributed by atoms with van der Waals surface area (Å²) in [6.07, 6.45) is 0. The SMILES string of the molecule is CC(C)=NN=C(c1ccccc1)c1ccccc1. The normalized spacial score (nSPS) is 9.67. The second-order valence-electron chi connectivity index (χ2n) is 4.23. The van der Waals surface area contributed by atoms with Crippen LogP contribution in [0.3, 0.4) is 0 Å². The second-order valence-corrected chi connectivity index (χ2v) is 4.23. The fourth-order valence-corrected chi connectivity index (χ4v) is 1.62. The molecule has 0 heterocycles. The minimum atomic E-state index is 0.900. The van der Waals surface area contributed by atoms with E-state index in [1.165, 1.54) is 0 Å². The third-order valence-corrected chi connectivity index (χ3v) is 2.44. The maximum atomic E-state index is 4.37. The topological polar surface area (TPSA) is 24.7 Å². The van der Waals surface area contributed by atoms with E-state index in [-0.39, 0.29) is 0 Å². The van der Waals surface area contributed by atoms with Gasteiger partial charge in [-0.15, -0.1) is 5.10 Å². The molecule has 0 aliphatic rings. The number of nitrogens with zero attached hydrogens (tertiary/aromatic N) is 2. The highest BCUT2D eigenvalue weighted by molar-refractivity contribution is 6.12.